The minimum absolute atomic E-state index is 0.0641. The standard InChI is InChI=1S/C21H28N8O5S/c1-12-9-22-17(23-10-12)13(2)14(3)35(30,31)28-21-27-26-18(15-7-6-8-34-15)29(21)16-19(32-4)24-11-25-20(16)33-5/h9-11,13-15H,6-8H2,1-5H3,(H,27,28)/t13-,14-,15+/m0/s1. The van der Waals surface area contributed by atoms with Gasteiger partial charge in [0.2, 0.25) is 27.7 Å². The third-order valence-corrected chi connectivity index (χ3v) is 7.76. The number of aryl methyl sites for hydroxylation is 1. The second kappa shape index (κ2) is 10.1. The van der Waals surface area contributed by atoms with Crippen LogP contribution in [0.1, 0.15) is 55.9 Å². The predicted molar refractivity (Wildman–Crippen MR) is 125 cm³/mol. The molecule has 0 radical (unpaired) electrons. The molecule has 0 saturated carbocycles. The number of ether oxygens (including phenoxy) is 3. The van der Waals surface area contributed by atoms with E-state index in [4.69, 9.17) is 14.2 Å². The topological polar surface area (TPSA) is 156 Å². The average molecular weight is 505 g/mol. The molecule has 3 atom stereocenters. The molecule has 1 N–H and O–H groups in total. The van der Waals surface area contributed by atoms with E-state index in [1.165, 1.54) is 25.1 Å². The second-order valence-electron chi connectivity index (χ2n) is 8.22. The van der Waals surface area contributed by atoms with Crippen molar-refractivity contribution >= 4 is 16.0 Å². The first kappa shape index (κ1) is 24.7. The Labute approximate surface area is 203 Å². The summed E-state index contributed by atoms with van der Waals surface area (Å²) in [6.45, 7) is 5.77. The highest BCUT2D eigenvalue weighted by Gasteiger charge is 2.34. The minimum Gasteiger partial charge on any atom is -0.479 e. The molecular weight excluding hydrogens is 476 g/mol. The molecule has 35 heavy (non-hydrogen) atoms. The third-order valence-electron chi connectivity index (χ3n) is 5.91. The van der Waals surface area contributed by atoms with Crippen molar-refractivity contribution in [2.75, 3.05) is 25.5 Å². The Hall–Kier alpha value is -3.39. The van der Waals surface area contributed by atoms with Crippen LogP contribution >= 0.6 is 0 Å². The van der Waals surface area contributed by atoms with Crippen molar-refractivity contribution in [1.82, 2.24) is 34.7 Å². The first-order chi connectivity index (χ1) is 16.8. The summed E-state index contributed by atoms with van der Waals surface area (Å²) in [5.74, 6) is 0.567. The number of aromatic nitrogens is 7. The van der Waals surface area contributed by atoms with Gasteiger partial charge in [-0.2, -0.15) is 9.97 Å². The Bertz CT molecular complexity index is 1250. The summed E-state index contributed by atoms with van der Waals surface area (Å²) in [7, 11) is -1.09. The maximum absolute atomic E-state index is 13.4. The Morgan fingerprint density at radius 3 is 2.31 bits per heavy atom. The molecule has 1 saturated heterocycles. The highest BCUT2D eigenvalue weighted by atomic mass is 32.2. The normalized spacial score (nSPS) is 17.7. The van der Waals surface area contributed by atoms with E-state index in [9.17, 15) is 8.42 Å². The maximum atomic E-state index is 13.4. The van der Waals surface area contributed by atoms with E-state index in [2.05, 4.69) is 34.9 Å². The lowest BCUT2D eigenvalue weighted by Crippen LogP contribution is -2.31. The number of rotatable bonds is 9. The van der Waals surface area contributed by atoms with Gasteiger partial charge >= 0.3 is 0 Å². The molecule has 1 aliphatic heterocycles. The molecule has 1 fully saturated rings. The SMILES string of the molecule is COc1ncnc(OC)c1-n1c(NS(=O)(=O)[C@@H](C)[C@H](C)c2ncc(C)cn2)nnc1[C@H]1CCCO1. The Kier molecular flexibility index (Phi) is 7.12. The largest absolute Gasteiger partial charge is 0.479 e. The highest BCUT2D eigenvalue weighted by molar-refractivity contribution is 7.93. The number of sulfonamides is 1. The van der Waals surface area contributed by atoms with Crippen LogP contribution < -0.4 is 14.2 Å². The van der Waals surface area contributed by atoms with E-state index in [0.717, 1.165) is 12.0 Å². The number of hydrogen-bond acceptors (Lipinski definition) is 11. The molecule has 4 rings (SSSR count). The fourth-order valence-corrected chi connectivity index (χ4v) is 4.98. The van der Waals surface area contributed by atoms with Crippen molar-refractivity contribution < 1.29 is 22.6 Å². The first-order valence-electron chi connectivity index (χ1n) is 11.1. The fourth-order valence-electron chi connectivity index (χ4n) is 3.75. The molecule has 3 aromatic rings. The van der Waals surface area contributed by atoms with Gasteiger partial charge in [0, 0.05) is 24.9 Å². The molecule has 0 bridgehead atoms. The Balaban J connectivity index is 1.76. The van der Waals surface area contributed by atoms with Gasteiger partial charge in [-0.3, -0.25) is 9.29 Å². The molecule has 0 unspecified atom stereocenters. The second-order valence-corrected chi connectivity index (χ2v) is 10.3. The van der Waals surface area contributed by atoms with Crippen molar-refractivity contribution in [2.24, 2.45) is 0 Å². The van der Waals surface area contributed by atoms with Gasteiger partial charge in [0.15, 0.2) is 11.5 Å². The lowest BCUT2D eigenvalue weighted by atomic mass is 10.1. The molecular formula is C21H28N8O5S. The smallest absolute Gasteiger partial charge is 0.245 e. The third kappa shape index (κ3) is 4.89. The van der Waals surface area contributed by atoms with E-state index < -0.39 is 27.3 Å². The zero-order chi connectivity index (χ0) is 25.2. The van der Waals surface area contributed by atoms with Gasteiger partial charge in [-0.15, -0.1) is 10.2 Å². The summed E-state index contributed by atoms with van der Waals surface area (Å²) in [5, 5.41) is 7.50. The fraction of sp³-hybridized carbons (Fsp3) is 0.524. The Morgan fingerprint density at radius 2 is 1.74 bits per heavy atom. The van der Waals surface area contributed by atoms with Crippen LogP contribution in [0.2, 0.25) is 0 Å². The van der Waals surface area contributed by atoms with Gasteiger partial charge in [-0.1, -0.05) is 6.92 Å². The number of anilines is 1. The van der Waals surface area contributed by atoms with Crippen LogP contribution in [0.3, 0.4) is 0 Å². The van der Waals surface area contributed by atoms with E-state index in [1.54, 1.807) is 26.2 Å². The summed E-state index contributed by atoms with van der Waals surface area (Å²) in [6.07, 6.45) is 5.73. The van der Waals surface area contributed by atoms with Gasteiger partial charge in [0.1, 0.15) is 18.3 Å². The molecule has 4 heterocycles. The molecule has 0 aliphatic carbocycles. The minimum atomic E-state index is -3.97. The van der Waals surface area contributed by atoms with Crippen molar-refractivity contribution in [3.8, 4) is 17.4 Å². The lowest BCUT2D eigenvalue weighted by molar-refractivity contribution is 0.103. The molecule has 0 amide bonds. The molecule has 14 heteroatoms. The van der Waals surface area contributed by atoms with Crippen LogP contribution in [0.4, 0.5) is 5.95 Å². The van der Waals surface area contributed by atoms with E-state index in [1.807, 2.05) is 6.92 Å². The number of methoxy groups -OCH3 is 2. The predicted octanol–water partition coefficient (Wildman–Crippen LogP) is 1.96. The van der Waals surface area contributed by atoms with Crippen molar-refractivity contribution in [2.45, 2.75) is 50.9 Å². The van der Waals surface area contributed by atoms with Crippen LogP contribution in [-0.2, 0) is 14.8 Å². The van der Waals surface area contributed by atoms with Gasteiger partial charge < -0.3 is 14.2 Å². The first-order valence-corrected chi connectivity index (χ1v) is 12.6. The van der Waals surface area contributed by atoms with Crippen LogP contribution in [0.5, 0.6) is 11.8 Å². The number of nitrogens with zero attached hydrogens (tertiary/aromatic N) is 7. The molecule has 0 aromatic carbocycles. The van der Waals surface area contributed by atoms with Gasteiger partial charge in [-0.25, -0.2) is 18.4 Å². The number of hydrogen-bond donors (Lipinski definition) is 1. The van der Waals surface area contributed by atoms with Crippen LogP contribution in [0.15, 0.2) is 18.7 Å². The number of nitrogens with one attached hydrogen (secondary N) is 1. The summed E-state index contributed by atoms with van der Waals surface area (Å²) in [4.78, 5) is 16.9. The Morgan fingerprint density at radius 1 is 1.09 bits per heavy atom. The summed E-state index contributed by atoms with van der Waals surface area (Å²) in [6, 6.07) is 0. The van der Waals surface area contributed by atoms with Crippen molar-refractivity contribution in [3.63, 3.8) is 0 Å². The average Bonchev–Trinajstić information content (AvgIpc) is 3.52. The van der Waals surface area contributed by atoms with Crippen LogP contribution in [0, 0.1) is 6.92 Å². The molecule has 3 aromatic heterocycles. The van der Waals surface area contributed by atoms with Crippen molar-refractivity contribution in [3.05, 3.63) is 35.9 Å². The van der Waals surface area contributed by atoms with E-state index >= 15 is 0 Å². The summed E-state index contributed by atoms with van der Waals surface area (Å²) >= 11 is 0. The van der Waals surface area contributed by atoms with Gasteiger partial charge in [0.05, 0.1) is 19.5 Å². The summed E-state index contributed by atoms with van der Waals surface area (Å²) in [5.41, 5.74) is 1.14. The van der Waals surface area contributed by atoms with Crippen molar-refractivity contribution in [1.29, 1.82) is 0 Å². The van der Waals surface area contributed by atoms with Crippen LogP contribution in [-0.4, -0.2) is 69.2 Å². The van der Waals surface area contributed by atoms with E-state index in [0.29, 0.717) is 24.7 Å². The molecule has 13 nitrogen and oxygen atoms in total. The van der Waals surface area contributed by atoms with E-state index in [-0.39, 0.29) is 23.4 Å². The van der Waals surface area contributed by atoms with Crippen LogP contribution in [0.25, 0.3) is 5.69 Å². The quantitative estimate of drug-likeness (QED) is 0.454. The summed E-state index contributed by atoms with van der Waals surface area (Å²) < 4.78 is 47.6. The zero-order valence-corrected chi connectivity index (χ0v) is 21.0. The highest BCUT2D eigenvalue weighted by Crippen LogP contribution is 2.37. The molecule has 0 spiro atoms. The monoisotopic (exact) mass is 504 g/mol. The zero-order valence-electron chi connectivity index (χ0n) is 20.2. The lowest BCUT2D eigenvalue weighted by Gasteiger charge is -2.21. The van der Waals surface area contributed by atoms with Gasteiger partial charge in [-0.05, 0) is 32.3 Å². The molecule has 188 valence electrons. The maximum Gasteiger partial charge on any atom is 0.245 e. The molecule has 1 aliphatic rings. The van der Waals surface area contributed by atoms with Gasteiger partial charge in [0.25, 0.3) is 0 Å².